The fourth-order valence-electron chi connectivity index (χ4n) is 6.56. The molecule has 2 amide bonds. The van der Waals surface area contributed by atoms with Crippen LogP contribution in [0.3, 0.4) is 0 Å². The van der Waals surface area contributed by atoms with Gasteiger partial charge in [-0.1, -0.05) is 25.6 Å². The van der Waals surface area contributed by atoms with Crippen molar-refractivity contribution in [3.05, 3.63) is 46.1 Å². The molecular weight excluding hydrogens is 737 g/mol. The van der Waals surface area contributed by atoms with Crippen LogP contribution in [0, 0.1) is 23.7 Å². The molecule has 0 aromatic carbocycles. The van der Waals surface area contributed by atoms with Crippen LogP contribution in [0.25, 0.3) is 20.7 Å². The van der Waals surface area contributed by atoms with E-state index in [-0.39, 0.29) is 24.3 Å². The van der Waals surface area contributed by atoms with Crippen molar-refractivity contribution in [1.29, 1.82) is 0 Å². The number of aromatic nitrogens is 4. The molecule has 0 aliphatic carbocycles. The molecular formula is C40H52N6O5S2Si. The number of carbonyl (C=O) groups excluding carboxylic acids is 2. The van der Waals surface area contributed by atoms with Crippen molar-refractivity contribution in [2.45, 2.75) is 123 Å². The van der Waals surface area contributed by atoms with Gasteiger partial charge in [0.25, 0.3) is 0 Å². The second kappa shape index (κ2) is 15.9. The zero-order valence-electron chi connectivity index (χ0n) is 32.9. The van der Waals surface area contributed by atoms with E-state index in [4.69, 9.17) is 19.2 Å². The highest BCUT2D eigenvalue weighted by atomic mass is 32.1. The minimum absolute atomic E-state index is 0.167. The van der Waals surface area contributed by atoms with E-state index >= 15 is 0 Å². The van der Waals surface area contributed by atoms with Crippen molar-refractivity contribution in [2.24, 2.45) is 0 Å². The Hall–Kier alpha value is -4.08. The molecule has 288 valence electrons. The number of hydrogen-bond acceptors (Lipinski definition) is 9. The molecule has 0 bridgehead atoms. The van der Waals surface area contributed by atoms with E-state index in [1.165, 1.54) is 0 Å². The van der Waals surface area contributed by atoms with Crippen LogP contribution in [0.2, 0.25) is 25.7 Å². The molecule has 2 fully saturated rings. The molecule has 4 aromatic heterocycles. The first-order valence-electron chi connectivity index (χ1n) is 18.7. The number of nitrogens with one attached hydrogen (secondary N) is 1. The lowest BCUT2D eigenvalue weighted by molar-refractivity contribution is 0.0199. The summed E-state index contributed by atoms with van der Waals surface area (Å²) in [6.07, 6.45) is 6.37. The third-order valence-corrected chi connectivity index (χ3v) is 13.0. The second-order valence-electron chi connectivity index (χ2n) is 17.1. The Bertz CT molecular complexity index is 2110. The lowest BCUT2D eigenvalue weighted by Crippen LogP contribution is -2.37. The van der Waals surface area contributed by atoms with Gasteiger partial charge in [-0.2, -0.15) is 0 Å². The smallest absolute Gasteiger partial charge is 0.410 e. The van der Waals surface area contributed by atoms with Crippen LogP contribution >= 0.6 is 22.7 Å². The van der Waals surface area contributed by atoms with Gasteiger partial charge in [-0.05, 0) is 91.0 Å². The van der Waals surface area contributed by atoms with Crippen molar-refractivity contribution in [1.82, 2.24) is 29.3 Å². The summed E-state index contributed by atoms with van der Waals surface area (Å²) in [7, 11) is -1.28. The van der Waals surface area contributed by atoms with E-state index in [0.29, 0.717) is 37.9 Å². The average molecular weight is 789 g/mol. The van der Waals surface area contributed by atoms with E-state index in [1.807, 2.05) is 52.6 Å². The third kappa shape index (κ3) is 9.58. The molecule has 2 aliphatic heterocycles. The summed E-state index contributed by atoms with van der Waals surface area (Å²) in [6, 6.07) is 0.701. The lowest BCUT2D eigenvalue weighted by atomic mass is 10.2. The molecule has 14 heteroatoms. The van der Waals surface area contributed by atoms with Crippen LogP contribution in [0.15, 0.2) is 23.2 Å². The van der Waals surface area contributed by atoms with Crippen molar-refractivity contribution < 1.29 is 23.8 Å². The quantitative estimate of drug-likeness (QED) is 0.108. The van der Waals surface area contributed by atoms with E-state index in [0.717, 1.165) is 63.8 Å². The molecule has 1 unspecified atom stereocenters. The Balaban J connectivity index is 1.21. The number of imidazole rings is 2. The number of likely N-dealkylation sites (tertiary alicyclic amines) is 2. The van der Waals surface area contributed by atoms with Crippen LogP contribution in [-0.4, -0.2) is 80.5 Å². The number of nitrogens with zero attached hydrogens (tertiary/aromatic N) is 5. The topological polar surface area (TPSA) is 115 Å². The van der Waals surface area contributed by atoms with Gasteiger partial charge in [0.05, 0.1) is 45.1 Å². The van der Waals surface area contributed by atoms with Crippen LogP contribution in [0.5, 0.6) is 0 Å². The molecule has 2 aliphatic rings. The maximum Gasteiger partial charge on any atom is 0.410 e. The summed E-state index contributed by atoms with van der Waals surface area (Å²) >= 11 is 3.31. The summed E-state index contributed by atoms with van der Waals surface area (Å²) in [4.78, 5) is 42.3. The van der Waals surface area contributed by atoms with E-state index in [2.05, 4.69) is 68.6 Å². The van der Waals surface area contributed by atoms with Crippen molar-refractivity contribution in [2.75, 3.05) is 19.7 Å². The van der Waals surface area contributed by atoms with E-state index in [9.17, 15) is 9.59 Å². The van der Waals surface area contributed by atoms with Gasteiger partial charge in [0.2, 0.25) is 0 Å². The number of aromatic amines is 1. The number of ether oxygens (including phenoxy) is 3. The Kier molecular flexibility index (Phi) is 11.7. The molecule has 4 aromatic rings. The lowest BCUT2D eigenvalue weighted by Gasteiger charge is -2.29. The summed E-state index contributed by atoms with van der Waals surface area (Å²) in [6.45, 7) is 20.6. The number of carbonyl (C=O) groups is 2. The van der Waals surface area contributed by atoms with Crippen molar-refractivity contribution in [3.63, 3.8) is 0 Å². The summed E-state index contributed by atoms with van der Waals surface area (Å²) in [5.74, 6) is 13.9. The van der Waals surface area contributed by atoms with Gasteiger partial charge >= 0.3 is 12.2 Å². The first-order chi connectivity index (χ1) is 25.5. The molecule has 2 atom stereocenters. The number of hydrogen-bond donors (Lipinski definition) is 1. The Morgan fingerprint density at radius 1 is 0.870 bits per heavy atom. The van der Waals surface area contributed by atoms with Crippen LogP contribution in [0.4, 0.5) is 9.59 Å². The molecule has 0 saturated carbocycles. The monoisotopic (exact) mass is 788 g/mol. The van der Waals surface area contributed by atoms with Crippen LogP contribution in [0.1, 0.15) is 102 Å². The first kappa shape index (κ1) is 39.6. The minimum Gasteiger partial charge on any atom is -0.444 e. The molecule has 1 N–H and O–H groups in total. The van der Waals surface area contributed by atoms with Gasteiger partial charge in [-0.25, -0.2) is 19.6 Å². The molecule has 54 heavy (non-hydrogen) atoms. The Morgan fingerprint density at radius 3 is 2.17 bits per heavy atom. The zero-order valence-corrected chi connectivity index (χ0v) is 35.6. The van der Waals surface area contributed by atoms with Gasteiger partial charge in [-0.15, -0.1) is 22.7 Å². The van der Waals surface area contributed by atoms with Gasteiger partial charge in [-0.3, -0.25) is 9.80 Å². The predicted octanol–water partition coefficient (Wildman–Crippen LogP) is 9.41. The largest absolute Gasteiger partial charge is 0.444 e. The molecule has 11 nitrogen and oxygen atoms in total. The van der Waals surface area contributed by atoms with Gasteiger partial charge in [0.15, 0.2) is 0 Å². The molecule has 0 spiro atoms. The number of H-pyrrole nitrogens is 1. The Labute approximate surface area is 327 Å². The molecule has 6 heterocycles. The minimum atomic E-state index is -1.28. The number of thiophene rings is 2. The summed E-state index contributed by atoms with van der Waals surface area (Å²) < 4.78 is 22.1. The molecule has 6 rings (SSSR count). The van der Waals surface area contributed by atoms with E-state index in [1.54, 1.807) is 33.8 Å². The normalized spacial score (nSPS) is 17.7. The van der Waals surface area contributed by atoms with Gasteiger partial charge in [0, 0.05) is 44.1 Å². The molecule has 0 radical (unpaired) electrons. The van der Waals surface area contributed by atoms with Crippen LogP contribution in [-0.2, 0) is 20.9 Å². The fraction of sp³-hybridized carbons (Fsp3) is 0.550. The first-order valence-corrected chi connectivity index (χ1v) is 24.1. The number of amides is 2. The van der Waals surface area contributed by atoms with Crippen LogP contribution < -0.4 is 0 Å². The fourth-order valence-corrected chi connectivity index (χ4v) is 9.60. The average Bonchev–Trinajstić information content (AvgIpc) is 3.90. The SMILES string of the molecule is CC(C)(C)OC(=O)N1CCCC1c1ncc(C#CC#Cc2csc3c(-c4cnc([C@@H]5CCCN5C(=O)OC(C)(C)C)n4COCC[Si](C)(C)C)csc23)[nH]1. The standard InChI is InChI=1S/C40H52N6O5S2Si/c1-39(2,3)50-37(47)44-18-12-16-30(44)35-41-22-28(43-35)15-11-10-14-27-24-52-34-29(25-53-33(27)34)32-23-42-36(46(32)26-49-20-21-54(7,8)9)31-17-13-19-45(31)38(48)51-40(4,5)6/h22-25,30-31H,12-13,16-21,26H2,1-9H3,(H,41,43)/t30?,31-/m0/s1. The highest BCUT2D eigenvalue weighted by molar-refractivity contribution is 7.27. The summed E-state index contributed by atoms with van der Waals surface area (Å²) in [5.41, 5.74) is 2.47. The number of fused-ring (bicyclic) bond motifs is 1. The Morgan fingerprint density at radius 2 is 1.50 bits per heavy atom. The second-order valence-corrected chi connectivity index (χ2v) is 24.5. The highest BCUT2D eigenvalue weighted by Gasteiger charge is 2.37. The maximum atomic E-state index is 13.3. The number of rotatable bonds is 8. The van der Waals surface area contributed by atoms with Crippen molar-refractivity contribution >= 4 is 52.3 Å². The predicted molar refractivity (Wildman–Crippen MR) is 217 cm³/mol. The summed E-state index contributed by atoms with van der Waals surface area (Å²) in [5, 5.41) is 4.24. The molecule has 2 saturated heterocycles. The van der Waals surface area contributed by atoms with Gasteiger partial charge < -0.3 is 23.8 Å². The maximum absolute atomic E-state index is 13.3. The van der Waals surface area contributed by atoms with E-state index < -0.39 is 19.3 Å². The zero-order chi connectivity index (χ0) is 38.8. The third-order valence-electron chi connectivity index (χ3n) is 9.09. The highest BCUT2D eigenvalue weighted by Crippen LogP contribution is 2.42. The van der Waals surface area contributed by atoms with Crippen molar-refractivity contribution in [3.8, 4) is 34.9 Å². The van der Waals surface area contributed by atoms with Gasteiger partial charge in [0.1, 0.15) is 35.3 Å².